The van der Waals surface area contributed by atoms with E-state index in [2.05, 4.69) is 4.99 Å². The highest BCUT2D eigenvalue weighted by Crippen LogP contribution is 2.36. The lowest BCUT2D eigenvalue weighted by Crippen LogP contribution is -2.42. The zero-order valence-corrected chi connectivity index (χ0v) is 9.49. The first-order chi connectivity index (χ1) is 6.58. The zero-order valence-electron chi connectivity index (χ0n) is 8.67. The second-order valence-electron chi connectivity index (χ2n) is 4.03. The van der Waals surface area contributed by atoms with Crippen molar-refractivity contribution in [2.24, 2.45) is 4.99 Å². The van der Waals surface area contributed by atoms with E-state index < -0.39 is 0 Å². The van der Waals surface area contributed by atoms with E-state index in [0.29, 0.717) is 6.42 Å². The van der Waals surface area contributed by atoms with Gasteiger partial charge in [0.15, 0.2) is 5.17 Å². The highest BCUT2D eigenvalue weighted by molar-refractivity contribution is 8.14. The summed E-state index contributed by atoms with van der Waals surface area (Å²) in [7, 11) is 3.91. The molecule has 1 fully saturated rings. The molecule has 0 bridgehead atoms. The van der Waals surface area contributed by atoms with E-state index in [1.165, 1.54) is 0 Å². The number of amidine groups is 1. The highest BCUT2D eigenvalue weighted by Gasteiger charge is 2.41. The lowest BCUT2D eigenvalue weighted by molar-refractivity contribution is -0.0613. The van der Waals surface area contributed by atoms with Gasteiger partial charge in [-0.25, -0.2) is 0 Å². The van der Waals surface area contributed by atoms with E-state index in [4.69, 9.17) is 4.74 Å². The van der Waals surface area contributed by atoms with Gasteiger partial charge in [-0.1, -0.05) is 11.8 Å². The zero-order chi connectivity index (χ0) is 10.3. The molecule has 80 valence electrons. The van der Waals surface area contributed by atoms with Gasteiger partial charge in [0.05, 0.1) is 12.2 Å². The third kappa shape index (κ3) is 1.76. The molecule has 14 heavy (non-hydrogen) atoms. The van der Waals surface area contributed by atoms with Gasteiger partial charge in [-0.2, -0.15) is 0 Å². The smallest absolute Gasteiger partial charge is 0.161 e. The van der Waals surface area contributed by atoms with E-state index >= 15 is 0 Å². The second-order valence-corrected chi connectivity index (χ2v) is 5.10. The predicted molar refractivity (Wildman–Crippen MR) is 57.5 cm³/mol. The lowest BCUT2D eigenvalue weighted by Gasteiger charge is -2.32. The Morgan fingerprint density at radius 1 is 1.57 bits per heavy atom. The first kappa shape index (κ1) is 10.3. The largest absolute Gasteiger partial charge is 0.391 e. The van der Waals surface area contributed by atoms with Crippen molar-refractivity contribution in [2.75, 3.05) is 14.1 Å². The number of rotatable bonds is 0. The van der Waals surface area contributed by atoms with Crippen LogP contribution in [0.3, 0.4) is 0 Å². The summed E-state index contributed by atoms with van der Waals surface area (Å²) in [6, 6.07) is -0.0754. The first-order valence-electron chi connectivity index (χ1n) is 4.83. The molecule has 2 heterocycles. The van der Waals surface area contributed by atoms with Crippen LogP contribution in [0.15, 0.2) is 4.99 Å². The predicted octanol–water partition coefficient (Wildman–Crippen LogP) is 0.515. The maximum absolute atomic E-state index is 9.83. The highest BCUT2D eigenvalue weighted by atomic mass is 32.2. The standard InChI is InChI=1S/C9H16N2O2S/c1-5-4-6(12)7-8(13-5)14-9(10-7)11(2)3/h5-8,12H,4H2,1-3H3. The fraction of sp³-hybridized carbons (Fsp3) is 0.889. The molecule has 0 aromatic heterocycles. The molecule has 0 saturated carbocycles. The van der Waals surface area contributed by atoms with Crippen molar-refractivity contribution in [1.82, 2.24) is 4.90 Å². The number of hydrogen-bond acceptors (Lipinski definition) is 5. The molecule has 1 saturated heterocycles. The number of hydrogen-bond donors (Lipinski definition) is 1. The monoisotopic (exact) mass is 216 g/mol. The Balaban J connectivity index is 2.10. The fourth-order valence-electron chi connectivity index (χ4n) is 1.75. The Morgan fingerprint density at radius 3 is 2.93 bits per heavy atom. The molecule has 0 aromatic rings. The SMILES string of the molecule is CC1CC(O)C2N=C(N(C)C)SC2O1. The second kappa shape index (κ2) is 3.72. The summed E-state index contributed by atoms with van der Waals surface area (Å²) in [5, 5.41) is 10.8. The maximum Gasteiger partial charge on any atom is 0.161 e. The summed E-state index contributed by atoms with van der Waals surface area (Å²) in [4.78, 5) is 6.42. The number of fused-ring (bicyclic) bond motifs is 1. The molecule has 4 unspecified atom stereocenters. The number of nitrogens with zero attached hydrogens (tertiary/aromatic N) is 2. The summed E-state index contributed by atoms with van der Waals surface area (Å²) in [6.07, 6.45) is 0.468. The van der Waals surface area contributed by atoms with Gasteiger partial charge in [0.1, 0.15) is 11.5 Å². The molecule has 0 aliphatic carbocycles. The minimum atomic E-state index is -0.353. The Kier molecular flexibility index (Phi) is 2.72. The van der Waals surface area contributed by atoms with Gasteiger partial charge in [0.25, 0.3) is 0 Å². The number of aliphatic hydroxyl groups is 1. The van der Waals surface area contributed by atoms with Gasteiger partial charge in [-0.3, -0.25) is 4.99 Å². The Morgan fingerprint density at radius 2 is 2.29 bits per heavy atom. The van der Waals surface area contributed by atoms with E-state index in [9.17, 15) is 5.11 Å². The molecule has 2 rings (SSSR count). The Labute approximate surface area is 88.3 Å². The van der Waals surface area contributed by atoms with Crippen LogP contribution in [0.25, 0.3) is 0 Å². The van der Waals surface area contributed by atoms with Crippen LogP contribution in [-0.4, -0.2) is 53.0 Å². The summed E-state index contributed by atoms with van der Waals surface area (Å²) in [5.41, 5.74) is 0.00569. The van der Waals surface area contributed by atoms with Crippen molar-refractivity contribution in [1.29, 1.82) is 0 Å². The van der Waals surface area contributed by atoms with Crippen molar-refractivity contribution >= 4 is 16.9 Å². The van der Waals surface area contributed by atoms with Crippen LogP contribution in [0.5, 0.6) is 0 Å². The normalized spacial score (nSPS) is 41.9. The van der Waals surface area contributed by atoms with E-state index in [-0.39, 0.29) is 23.7 Å². The van der Waals surface area contributed by atoms with Crippen LogP contribution in [0, 0.1) is 0 Å². The summed E-state index contributed by atoms with van der Waals surface area (Å²) < 4.78 is 5.72. The molecule has 2 aliphatic rings. The molecule has 2 aliphatic heterocycles. The minimum absolute atomic E-state index is 0.00569. The van der Waals surface area contributed by atoms with Gasteiger partial charge in [0, 0.05) is 20.5 Å². The van der Waals surface area contributed by atoms with Gasteiger partial charge < -0.3 is 14.7 Å². The third-order valence-electron chi connectivity index (χ3n) is 2.48. The van der Waals surface area contributed by atoms with Gasteiger partial charge >= 0.3 is 0 Å². The molecule has 5 heteroatoms. The van der Waals surface area contributed by atoms with Crippen molar-refractivity contribution in [3.63, 3.8) is 0 Å². The van der Waals surface area contributed by atoms with E-state index in [1.807, 2.05) is 25.9 Å². The number of ether oxygens (including phenoxy) is 1. The van der Waals surface area contributed by atoms with Gasteiger partial charge in [-0.15, -0.1) is 0 Å². The molecule has 4 atom stereocenters. The Bertz CT molecular complexity index is 257. The molecular formula is C9H16N2O2S. The van der Waals surface area contributed by atoms with Crippen LogP contribution < -0.4 is 0 Å². The molecule has 0 radical (unpaired) electrons. The quantitative estimate of drug-likeness (QED) is 0.641. The molecule has 0 aromatic carbocycles. The van der Waals surface area contributed by atoms with Crippen LogP contribution in [-0.2, 0) is 4.74 Å². The third-order valence-corrected chi connectivity index (χ3v) is 3.78. The average molecular weight is 216 g/mol. The van der Waals surface area contributed by atoms with E-state index in [1.54, 1.807) is 11.8 Å². The van der Waals surface area contributed by atoms with Gasteiger partial charge in [0.2, 0.25) is 0 Å². The van der Waals surface area contributed by atoms with E-state index in [0.717, 1.165) is 5.17 Å². The topological polar surface area (TPSA) is 45.1 Å². The minimum Gasteiger partial charge on any atom is -0.391 e. The Hall–Kier alpha value is -0.260. The molecule has 0 spiro atoms. The van der Waals surface area contributed by atoms with Crippen LogP contribution in [0.1, 0.15) is 13.3 Å². The molecule has 1 N–H and O–H groups in total. The summed E-state index contributed by atoms with van der Waals surface area (Å²) >= 11 is 1.60. The van der Waals surface area contributed by atoms with Crippen LogP contribution in [0.2, 0.25) is 0 Å². The summed E-state index contributed by atoms with van der Waals surface area (Å²) in [5.74, 6) is 0. The molecule has 0 amide bonds. The molecule has 4 nitrogen and oxygen atoms in total. The van der Waals surface area contributed by atoms with Crippen molar-refractivity contribution in [2.45, 2.75) is 37.0 Å². The number of thioether (sulfide) groups is 1. The van der Waals surface area contributed by atoms with Crippen LogP contribution in [0.4, 0.5) is 0 Å². The van der Waals surface area contributed by atoms with Crippen molar-refractivity contribution in [3.8, 4) is 0 Å². The maximum atomic E-state index is 9.83. The average Bonchev–Trinajstić information content (AvgIpc) is 2.47. The van der Waals surface area contributed by atoms with Crippen molar-refractivity contribution < 1.29 is 9.84 Å². The fourth-order valence-corrected chi connectivity index (χ4v) is 2.98. The molecular weight excluding hydrogens is 200 g/mol. The number of aliphatic imine (C=N–C) groups is 1. The summed E-state index contributed by atoms with van der Waals surface area (Å²) in [6.45, 7) is 1.99. The first-order valence-corrected chi connectivity index (χ1v) is 5.71. The lowest BCUT2D eigenvalue weighted by atomic mass is 10.0. The van der Waals surface area contributed by atoms with Crippen molar-refractivity contribution in [3.05, 3.63) is 0 Å². The van der Waals surface area contributed by atoms with Crippen LogP contribution >= 0.6 is 11.8 Å². The van der Waals surface area contributed by atoms with Gasteiger partial charge in [-0.05, 0) is 6.92 Å². The number of aliphatic hydroxyl groups excluding tert-OH is 1.